The predicted octanol–water partition coefficient (Wildman–Crippen LogP) is 4.62. The lowest BCUT2D eigenvalue weighted by Crippen LogP contribution is -2.03. The van der Waals surface area contributed by atoms with E-state index in [1.54, 1.807) is 12.1 Å². The molecule has 0 atom stereocenters. The van der Waals surface area contributed by atoms with Crippen molar-refractivity contribution >= 4 is 22.4 Å². The van der Waals surface area contributed by atoms with Gasteiger partial charge in [0, 0.05) is 23.4 Å². The summed E-state index contributed by atoms with van der Waals surface area (Å²) < 4.78 is 5.75. The van der Waals surface area contributed by atoms with Crippen molar-refractivity contribution in [2.75, 3.05) is 0 Å². The molecule has 0 aliphatic heterocycles. The van der Waals surface area contributed by atoms with Crippen LogP contribution in [0.3, 0.4) is 0 Å². The largest absolute Gasteiger partial charge is 0.508 e. The molecule has 0 saturated heterocycles. The van der Waals surface area contributed by atoms with Crippen molar-refractivity contribution in [1.29, 1.82) is 0 Å². The molecule has 0 radical (unpaired) electrons. The number of non-ortho nitro benzene ring substituents is 1. The number of benzene rings is 2. The molecule has 0 spiro atoms. The van der Waals surface area contributed by atoms with Crippen LogP contribution in [0.25, 0.3) is 11.0 Å². The number of hydrogen-bond acceptors (Lipinski definition) is 5. The van der Waals surface area contributed by atoms with E-state index >= 15 is 0 Å². The van der Waals surface area contributed by atoms with Crippen LogP contribution >= 0.6 is 0 Å². The van der Waals surface area contributed by atoms with Gasteiger partial charge in [0.2, 0.25) is 5.58 Å². The second-order valence-electron chi connectivity index (χ2n) is 5.79. The summed E-state index contributed by atoms with van der Waals surface area (Å²) in [5, 5.41) is 21.1. The number of fused-ring (bicyclic) bond motifs is 1. The van der Waals surface area contributed by atoms with Gasteiger partial charge in [0.25, 0.3) is 0 Å². The van der Waals surface area contributed by atoms with E-state index < -0.39 is 4.92 Å². The second kappa shape index (κ2) is 6.76. The van der Waals surface area contributed by atoms with Gasteiger partial charge >= 0.3 is 5.69 Å². The van der Waals surface area contributed by atoms with E-state index in [0.717, 1.165) is 12.8 Å². The van der Waals surface area contributed by atoms with Crippen LogP contribution in [0.2, 0.25) is 0 Å². The fourth-order valence-electron chi connectivity index (χ4n) is 2.82. The van der Waals surface area contributed by atoms with Gasteiger partial charge in [-0.2, -0.15) is 0 Å². The van der Waals surface area contributed by atoms with Crippen molar-refractivity contribution in [3.05, 3.63) is 69.5 Å². The lowest BCUT2D eigenvalue weighted by Gasteiger charge is -2.03. The van der Waals surface area contributed by atoms with Crippen LogP contribution in [-0.4, -0.2) is 15.8 Å². The number of aromatic hydroxyl groups is 1. The number of carbonyl (C=O) groups excluding carboxylic acids is 1. The zero-order valence-corrected chi connectivity index (χ0v) is 13.7. The summed E-state index contributed by atoms with van der Waals surface area (Å²) in [6, 6.07) is 10.5. The number of furan rings is 1. The third-order valence-corrected chi connectivity index (χ3v) is 4.08. The van der Waals surface area contributed by atoms with Crippen molar-refractivity contribution in [3.63, 3.8) is 0 Å². The minimum Gasteiger partial charge on any atom is -0.508 e. The molecule has 0 unspecified atom stereocenters. The number of phenolic OH excluding ortho intramolecular Hbond substituents is 1. The number of rotatable bonds is 6. The Balaban J connectivity index is 2.20. The summed E-state index contributed by atoms with van der Waals surface area (Å²) in [5.41, 5.74) is 0.725. The molecule has 3 rings (SSSR count). The zero-order valence-electron chi connectivity index (χ0n) is 13.7. The maximum absolute atomic E-state index is 13.0. The minimum absolute atomic E-state index is 0.0652. The fourth-order valence-corrected chi connectivity index (χ4v) is 2.82. The normalized spacial score (nSPS) is 10.9. The molecular formula is C19H17NO5. The third kappa shape index (κ3) is 3.10. The Labute approximate surface area is 143 Å². The van der Waals surface area contributed by atoms with Crippen molar-refractivity contribution in [3.8, 4) is 5.75 Å². The monoisotopic (exact) mass is 339 g/mol. The van der Waals surface area contributed by atoms with Crippen LogP contribution in [0.5, 0.6) is 5.75 Å². The highest BCUT2D eigenvalue weighted by molar-refractivity contribution is 6.17. The van der Waals surface area contributed by atoms with Crippen LogP contribution in [0.15, 0.2) is 46.9 Å². The van der Waals surface area contributed by atoms with E-state index in [2.05, 4.69) is 0 Å². The summed E-state index contributed by atoms with van der Waals surface area (Å²) in [6.07, 6.45) is 2.25. The number of carbonyl (C=O) groups is 1. The molecule has 0 bridgehead atoms. The first-order chi connectivity index (χ1) is 12.0. The highest BCUT2D eigenvalue weighted by atomic mass is 16.6. The van der Waals surface area contributed by atoms with Gasteiger partial charge in [-0.15, -0.1) is 0 Å². The van der Waals surface area contributed by atoms with Gasteiger partial charge in [-0.3, -0.25) is 14.9 Å². The Bertz CT molecular complexity index is 940. The van der Waals surface area contributed by atoms with Crippen molar-refractivity contribution in [1.82, 2.24) is 0 Å². The van der Waals surface area contributed by atoms with Gasteiger partial charge in [-0.05, 0) is 36.8 Å². The average Bonchev–Trinajstić information content (AvgIpc) is 2.98. The Hall–Kier alpha value is -3.15. The molecular weight excluding hydrogens is 322 g/mol. The summed E-state index contributed by atoms with van der Waals surface area (Å²) in [4.78, 5) is 23.7. The number of phenols is 1. The minimum atomic E-state index is -0.510. The van der Waals surface area contributed by atoms with Crippen LogP contribution in [0, 0.1) is 10.1 Å². The van der Waals surface area contributed by atoms with Gasteiger partial charge in [0.1, 0.15) is 11.5 Å². The Kier molecular flexibility index (Phi) is 4.52. The van der Waals surface area contributed by atoms with E-state index in [1.165, 1.54) is 30.3 Å². The molecule has 6 nitrogen and oxygen atoms in total. The molecule has 1 heterocycles. The molecule has 6 heteroatoms. The molecule has 1 aromatic heterocycles. The van der Waals surface area contributed by atoms with Gasteiger partial charge in [-0.1, -0.05) is 19.4 Å². The van der Waals surface area contributed by atoms with E-state index in [-0.39, 0.29) is 22.8 Å². The lowest BCUT2D eigenvalue weighted by atomic mass is 9.98. The lowest BCUT2D eigenvalue weighted by molar-refractivity contribution is -0.383. The first-order valence-electron chi connectivity index (χ1n) is 8.05. The molecule has 2 aromatic carbocycles. The molecule has 3 aromatic rings. The molecule has 0 aliphatic carbocycles. The number of hydrogen-bond donors (Lipinski definition) is 1. The number of ketones is 1. The Morgan fingerprint density at radius 1 is 1.20 bits per heavy atom. The number of unbranched alkanes of at least 4 members (excludes halogenated alkanes) is 1. The smallest absolute Gasteiger partial charge is 0.312 e. The number of aryl methyl sites for hydroxylation is 1. The standard InChI is InChI=1S/C19H17NO5/c1-2-3-7-16-17(18(22)12-8-10-13(21)11-9-12)14-5-4-6-15(20(23)24)19(14)25-16/h4-6,8-11,21H,2-3,7H2,1H3. The van der Waals surface area contributed by atoms with Crippen LogP contribution in [-0.2, 0) is 6.42 Å². The summed E-state index contributed by atoms with van der Waals surface area (Å²) in [7, 11) is 0. The van der Waals surface area contributed by atoms with Crippen LogP contribution < -0.4 is 0 Å². The molecule has 25 heavy (non-hydrogen) atoms. The van der Waals surface area contributed by atoms with Gasteiger partial charge in [-0.25, -0.2) is 0 Å². The molecule has 0 aliphatic rings. The first-order valence-corrected chi connectivity index (χ1v) is 8.05. The first kappa shape index (κ1) is 16.7. The Morgan fingerprint density at radius 2 is 1.92 bits per heavy atom. The predicted molar refractivity (Wildman–Crippen MR) is 93.0 cm³/mol. The Morgan fingerprint density at radius 3 is 2.56 bits per heavy atom. The molecule has 128 valence electrons. The van der Waals surface area contributed by atoms with E-state index in [9.17, 15) is 20.0 Å². The number of nitro groups is 1. The van der Waals surface area contributed by atoms with Crippen LogP contribution in [0.4, 0.5) is 5.69 Å². The van der Waals surface area contributed by atoms with Gasteiger partial charge < -0.3 is 9.52 Å². The maximum atomic E-state index is 13.0. The number of nitro benzene ring substituents is 1. The highest BCUT2D eigenvalue weighted by Gasteiger charge is 2.26. The zero-order chi connectivity index (χ0) is 18.0. The highest BCUT2D eigenvalue weighted by Crippen LogP contribution is 2.34. The van der Waals surface area contributed by atoms with Crippen molar-refractivity contribution < 1.29 is 19.2 Å². The van der Waals surface area contributed by atoms with Crippen LogP contribution in [0.1, 0.15) is 41.4 Å². The molecule has 0 saturated carbocycles. The quantitative estimate of drug-likeness (QED) is 0.402. The molecule has 0 amide bonds. The van der Waals surface area contributed by atoms with E-state index in [1.807, 2.05) is 6.92 Å². The van der Waals surface area contributed by atoms with Crippen molar-refractivity contribution in [2.24, 2.45) is 0 Å². The van der Waals surface area contributed by atoms with Crippen molar-refractivity contribution in [2.45, 2.75) is 26.2 Å². The number of nitrogens with zero attached hydrogens (tertiary/aromatic N) is 1. The summed E-state index contributed by atoms with van der Waals surface area (Å²) in [5.74, 6) is 0.255. The van der Waals surface area contributed by atoms with E-state index in [0.29, 0.717) is 28.7 Å². The average molecular weight is 339 g/mol. The fraction of sp³-hybridized carbons (Fsp3) is 0.211. The maximum Gasteiger partial charge on any atom is 0.312 e. The third-order valence-electron chi connectivity index (χ3n) is 4.08. The van der Waals surface area contributed by atoms with E-state index in [4.69, 9.17) is 4.42 Å². The second-order valence-corrected chi connectivity index (χ2v) is 5.79. The van der Waals surface area contributed by atoms with Gasteiger partial charge in [0.05, 0.1) is 10.5 Å². The molecule has 0 fully saturated rings. The number of para-hydroxylation sites is 1. The van der Waals surface area contributed by atoms with Gasteiger partial charge in [0.15, 0.2) is 5.78 Å². The SMILES string of the molecule is CCCCc1oc2c([N+](=O)[O-])cccc2c1C(=O)c1ccc(O)cc1. The summed E-state index contributed by atoms with van der Waals surface area (Å²) in [6.45, 7) is 2.02. The molecule has 1 N–H and O–H groups in total. The topological polar surface area (TPSA) is 93.6 Å². The summed E-state index contributed by atoms with van der Waals surface area (Å²) >= 11 is 0.